The van der Waals surface area contributed by atoms with E-state index >= 15 is 0 Å². The first-order valence-electron chi connectivity index (χ1n) is 8.83. The van der Waals surface area contributed by atoms with Crippen molar-refractivity contribution < 1.29 is 4.74 Å². The Bertz CT molecular complexity index is 395. The molecule has 1 aromatic carbocycles. The van der Waals surface area contributed by atoms with Crippen LogP contribution in [0.5, 0.6) is 0 Å². The second kappa shape index (κ2) is 7.95. The van der Waals surface area contributed by atoms with Gasteiger partial charge in [-0.05, 0) is 50.1 Å². The summed E-state index contributed by atoms with van der Waals surface area (Å²) in [6.07, 6.45) is 11.1. The monoisotopic (exact) mass is 287 g/mol. The number of ether oxygens (including phenoxy) is 1. The smallest absolute Gasteiger partial charge is 0.0575 e. The molecular weight excluding hydrogens is 258 g/mol. The van der Waals surface area contributed by atoms with Gasteiger partial charge in [0.05, 0.1) is 6.10 Å². The molecule has 0 aromatic heterocycles. The van der Waals surface area contributed by atoms with E-state index in [1.807, 2.05) is 0 Å². The number of hydrogen-bond acceptors (Lipinski definition) is 2. The zero-order valence-electron chi connectivity index (χ0n) is 13.1. The highest BCUT2D eigenvalue weighted by molar-refractivity contribution is 5.21. The van der Waals surface area contributed by atoms with Crippen LogP contribution < -0.4 is 5.32 Å². The van der Waals surface area contributed by atoms with Gasteiger partial charge in [0.1, 0.15) is 0 Å². The minimum absolute atomic E-state index is 0.548. The summed E-state index contributed by atoms with van der Waals surface area (Å²) in [7, 11) is 0. The maximum absolute atomic E-state index is 6.01. The van der Waals surface area contributed by atoms with E-state index in [1.165, 1.54) is 50.5 Å². The largest absolute Gasteiger partial charge is 0.378 e. The Balaban J connectivity index is 1.35. The lowest BCUT2D eigenvalue weighted by atomic mass is 9.98. The van der Waals surface area contributed by atoms with Crippen LogP contribution in [0.25, 0.3) is 0 Å². The lowest BCUT2D eigenvalue weighted by Gasteiger charge is -2.22. The molecule has 21 heavy (non-hydrogen) atoms. The fourth-order valence-electron chi connectivity index (χ4n) is 3.46. The van der Waals surface area contributed by atoms with Gasteiger partial charge in [0.25, 0.3) is 0 Å². The summed E-state index contributed by atoms with van der Waals surface area (Å²) in [6.45, 7) is 1.99. The first-order chi connectivity index (χ1) is 10.4. The SMILES string of the molecule is c1ccc(C(NCCCOC2CCCCC2)C2CC2)cc1. The highest BCUT2D eigenvalue weighted by Crippen LogP contribution is 2.40. The van der Waals surface area contributed by atoms with E-state index < -0.39 is 0 Å². The van der Waals surface area contributed by atoms with Crippen molar-refractivity contribution in [2.24, 2.45) is 5.92 Å². The minimum Gasteiger partial charge on any atom is -0.378 e. The maximum Gasteiger partial charge on any atom is 0.0575 e. The zero-order valence-corrected chi connectivity index (χ0v) is 13.1. The van der Waals surface area contributed by atoms with Gasteiger partial charge < -0.3 is 10.1 Å². The van der Waals surface area contributed by atoms with Gasteiger partial charge in [-0.15, -0.1) is 0 Å². The van der Waals surface area contributed by atoms with Gasteiger partial charge in [0.2, 0.25) is 0 Å². The van der Waals surface area contributed by atoms with Crippen molar-refractivity contribution in [2.75, 3.05) is 13.2 Å². The Morgan fingerprint density at radius 2 is 1.76 bits per heavy atom. The van der Waals surface area contributed by atoms with Crippen molar-refractivity contribution in [3.05, 3.63) is 35.9 Å². The molecule has 0 amide bonds. The van der Waals surface area contributed by atoms with Gasteiger partial charge in [0, 0.05) is 12.6 Å². The van der Waals surface area contributed by atoms with Crippen LogP contribution in [0.1, 0.15) is 63.0 Å². The molecule has 1 atom stereocenters. The average Bonchev–Trinajstić information content (AvgIpc) is 3.37. The summed E-state index contributed by atoms with van der Waals surface area (Å²) in [5.41, 5.74) is 1.45. The Hall–Kier alpha value is -0.860. The second-order valence-electron chi connectivity index (χ2n) is 6.66. The normalized spacial score (nSPS) is 21.3. The third kappa shape index (κ3) is 4.82. The summed E-state index contributed by atoms with van der Waals surface area (Å²) in [5, 5.41) is 3.76. The molecule has 2 saturated carbocycles. The van der Waals surface area contributed by atoms with Crippen molar-refractivity contribution in [3.63, 3.8) is 0 Å². The molecule has 1 unspecified atom stereocenters. The predicted molar refractivity (Wildman–Crippen MR) is 87.4 cm³/mol. The van der Waals surface area contributed by atoms with Crippen LogP contribution >= 0.6 is 0 Å². The van der Waals surface area contributed by atoms with Crippen LogP contribution in [0.4, 0.5) is 0 Å². The summed E-state index contributed by atoms with van der Waals surface area (Å²) in [5.74, 6) is 0.853. The van der Waals surface area contributed by atoms with E-state index in [0.29, 0.717) is 12.1 Å². The number of rotatable bonds is 8. The van der Waals surface area contributed by atoms with E-state index in [9.17, 15) is 0 Å². The molecule has 2 nitrogen and oxygen atoms in total. The molecule has 2 fully saturated rings. The van der Waals surface area contributed by atoms with Crippen LogP contribution in [0.2, 0.25) is 0 Å². The first kappa shape index (κ1) is 15.1. The second-order valence-corrected chi connectivity index (χ2v) is 6.66. The fourth-order valence-corrected chi connectivity index (χ4v) is 3.46. The van der Waals surface area contributed by atoms with E-state index in [0.717, 1.165) is 25.5 Å². The molecule has 0 heterocycles. The molecule has 0 radical (unpaired) electrons. The quantitative estimate of drug-likeness (QED) is 0.712. The highest BCUT2D eigenvalue weighted by Gasteiger charge is 2.31. The summed E-state index contributed by atoms with van der Waals surface area (Å²) < 4.78 is 6.01. The molecule has 0 spiro atoms. The van der Waals surface area contributed by atoms with Gasteiger partial charge in [0.15, 0.2) is 0 Å². The zero-order chi connectivity index (χ0) is 14.3. The lowest BCUT2D eigenvalue weighted by molar-refractivity contribution is 0.0270. The predicted octanol–water partition coefficient (Wildman–Crippen LogP) is 4.47. The maximum atomic E-state index is 6.01. The topological polar surface area (TPSA) is 21.3 Å². The molecule has 2 heteroatoms. The molecule has 0 bridgehead atoms. The van der Waals surface area contributed by atoms with E-state index in [-0.39, 0.29) is 0 Å². The van der Waals surface area contributed by atoms with Crippen LogP contribution in [0, 0.1) is 5.92 Å². The number of benzene rings is 1. The molecular formula is C19H29NO. The molecule has 2 aliphatic carbocycles. The third-order valence-corrected chi connectivity index (χ3v) is 4.84. The standard InChI is InChI=1S/C19H29NO/c1-3-8-16(9-4-1)19(17-12-13-17)20-14-7-15-21-18-10-5-2-6-11-18/h1,3-4,8-9,17-20H,2,5-7,10-15H2. The summed E-state index contributed by atoms with van der Waals surface area (Å²) >= 11 is 0. The van der Waals surface area contributed by atoms with Crippen LogP contribution in [0.3, 0.4) is 0 Å². The molecule has 3 rings (SSSR count). The number of hydrogen-bond donors (Lipinski definition) is 1. The lowest BCUT2D eigenvalue weighted by Crippen LogP contribution is -2.26. The van der Waals surface area contributed by atoms with Crippen molar-refractivity contribution in [1.82, 2.24) is 5.32 Å². The van der Waals surface area contributed by atoms with Gasteiger partial charge in [-0.25, -0.2) is 0 Å². The van der Waals surface area contributed by atoms with E-state index in [1.54, 1.807) is 0 Å². The van der Waals surface area contributed by atoms with Gasteiger partial charge >= 0.3 is 0 Å². The molecule has 0 aliphatic heterocycles. The van der Waals surface area contributed by atoms with Crippen LogP contribution in [-0.4, -0.2) is 19.3 Å². The van der Waals surface area contributed by atoms with Gasteiger partial charge in [-0.1, -0.05) is 49.6 Å². The van der Waals surface area contributed by atoms with Crippen molar-refractivity contribution >= 4 is 0 Å². The van der Waals surface area contributed by atoms with Crippen molar-refractivity contribution in [3.8, 4) is 0 Å². The van der Waals surface area contributed by atoms with Crippen LogP contribution in [0.15, 0.2) is 30.3 Å². The molecule has 1 aromatic rings. The van der Waals surface area contributed by atoms with Crippen molar-refractivity contribution in [1.29, 1.82) is 0 Å². The third-order valence-electron chi connectivity index (χ3n) is 4.84. The molecule has 2 aliphatic rings. The molecule has 1 N–H and O–H groups in total. The summed E-state index contributed by atoms with van der Waals surface area (Å²) in [4.78, 5) is 0. The Kier molecular flexibility index (Phi) is 5.70. The number of nitrogens with one attached hydrogen (secondary N) is 1. The highest BCUT2D eigenvalue weighted by atomic mass is 16.5. The van der Waals surface area contributed by atoms with Gasteiger partial charge in [-0.3, -0.25) is 0 Å². The van der Waals surface area contributed by atoms with Crippen molar-refractivity contribution in [2.45, 2.75) is 63.5 Å². The molecule has 116 valence electrons. The Morgan fingerprint density at radius 3 is 2.48 bits per heavy atom. The van der Waals surface area contributed by atoms with E-state index in [2.05, 4.69) is 35.6 Å². The Morgan fingerprint density at radius 1 is 1.00 bits per heavy atom. The minimum atomic E-state index is 0.548. The average molecular weight is 287 g/mol. The van der Waals surface area contributed by atoms with Crippen LogP contribution in [-0.2, 0) is 4.74 Å². The Labute approximate surface area is 129 Å². The molecule has 0 saturated heterocycles. The first-order valence-corrected chi connectivity index (χ1v) is 8.83. The summed E-state index contributed by atoms with van der Waals surface area (Å²) in [6, 6.07) is 11.5. The van der Waals surface area contributed by atoms with E-state index in [4.69, 9.17) is 4.74 Å². The fraction of sp³-hybridized carbons (Fsp3) is 0.684. The van der Waals surface area contributed by atoms with Gasteiger partial charge in [-0.2, -0.15) is 0 Å².